The number of hydrogen-bond donors (Lipinski definition) is 2. The van der Waals surface area contributed by atoms with Crippen LogP contribution in [0.4, 0.5) is 21.0 Å². The zero-order valence-electron chi connectivity index (χ0n) is 30.0. The van der Waals surface area contributed by atoms with Crippen LogP contribution >= 0.6 is 25.3 Å². The number of anilines is 2. The molecule has 0 saturated heterocycles. The minimum absolute atomic E-state index is 0.0445. The van der Waals surface area contributed by atoms with Gasteiger partial charge < -0.3 is 29.1 Å². The number of rotatable bonds is 18. The Labute approximate surface area is 296 Å². The molecule has 0 bridgehead atoms. The molecule has 0 spiro atoms. The van der Waals surface area contributed by atoms with Crippen molar-refractivity contribution in [3.05, 3.63) is 60.7 Å². The molecule has 2 amide bonds. The third-order valence-corrected chi connectivity index (χ3v) is 7.95. The highest BCUT2D eigenvalue weighted by atomic mass is 32.1. The van der Waals surface area contributed by atoms with E-state index in [0.717, 1.165) is 56.6 Å². The number of amides is 2. The topological polar surface area (TPSA) is 65.6 Å². The molecule has 10 heteroatoms. The van der Waals surface area contributed by atoms with Crippen LogP contribution in [0.25, 0.3) is 0 Å². The summed E-state index contributed by atoms with van der Waals surface area (Å²) >= 11 is 9.39. The molecule has 0 aliphatic rings. The number of hydrogen-bond acceptors (Lipinski definition) is 8. The standard InChI is InChI=1S/C37H60N4O4S2/c1-30(46)40(32-20-12-9-13-21-32)28-18-26-38(34(42)44-36(3,4)5)24-16-11-17-25-39(35(43)45-37(6,7)8)27-19-29-41(31(2)47)33-22-14-10-15-23-33/h9-10,12-15,20-23,30-31,46-47H,11,16-19,24-29H2,1-8H3. The fourth-order valence-electron chi connectivity index (χ4n) is 5.19. The second-order valence-corrected chi connectivity index (χ2v) is 15.5. The van der Waals surface area contributed by atoms with E-state index in [1.807, 2.05) is 87.7 Å². The maximum atomic E-state index is 13.2. The van der Waals surface area contributed by atoms with E-state index in [4.69, 9.17) is 34.7 Å². The average molecular weight is 689 g/mol. The van der Waals surface area contributed by atoms with Gasteiger partial charge in [0.05, 0.1) is 10.7 Å². The summed E-state index contributed by atoms with van der Waals surface area (Å²) < 4.78 is 11.5. The third kappa shape index (κ3) is 16.3. The molecule has 0 N–H and O–H groups in total. The Hall–Kier alpha value is -2.72. The zero-order valence-corrected chi connectivity index (χ0v) is 31.8. The molecular weight excluding hydrogens is 629 g/mol. The first-order chi connectivity index (χ1) is 22.1. The molecule has 8 nitrogen and oxygen atoms in total. The lowest BCUT2D eigenvalue weighted by Gasteiger charge is -2.31. The van der Waals surface area contributed by atoms with E-state index < -0.39 is 11.2 Å². The van der Waals surface area contributed by atoms with Crippen molar-refractivity contribution in [2.24, 2.45) is 0 Å². The van der Waals surface area contributed by atoms with Gasteiger partial charge in [0.1, 0.15) is 11.2 Å². The van der Waals surface area contributed by atoms with Gasteiger partial charge in [-0.1, -0.05) is 36.4 Å². The molecule has 2 rings (SSSR count). The second kappa shape index (κ2) is 19.9. The number of unbranched alkanes of at least 4 members (excludes halogenated alkanes) is 2. The van der Waals surface area contributed by atoms with Crippen molar-refractivity contribution in [2.75, 3.05) is 49.1 Å². The first kappa shape index (κ1) is 40.5. The summed E-state index contributed by atoms with van der Waals surface area (Å²) in [5.74, 6) is 0. The molecule has 0 aliphatic heterocycles. The molecule has 2 unspecified atom stereocenters. The van der Waals surface area contributed by atoms with Gasteiger partial charge in [-0.05, 0) is 112 Å². The lowest BCUT2D eigenvalue weighted by atomic mass is 10.2. The normalized spacial score (nSPS) is 13.0. The number of ether oxygens (including phenoxy) is 2. The van der Waals surface area contributed by atoms with Gasteiger partial charge in [-0.2, -0.15) is 25.3 Å². The van der Waals surface area contributed by atoms with Gasteiger partial charge in [-0.3, -0.25) is 0 Å². The summed E-state index contributed by atoms with van der Waals surface area (Å²) in [7, 11) is 0. The van der Waals surface area contributed by atoms with E-state index in [9.17, 15) is 9.59 Å². The molecule has 2 atom stereocenters. The summed E-state index contributed by atoms with van der Waals surface area (Å²) in [6.07, 6.45) is 3.48. The first-order valence-corrected chi connectivity index (χ1v) is 18.1. The Kier molecular flexibility index (Phi) is 17.2. The van der Waals surface area contributed by atoms with Crippen LogP contribution in [0.3, 0.4) is 0 Å². The molecule has 2 aromatic carbocycles. The lowest BCUT2D eigenvalue weighted by molar-refractivity contribution is 0.0242. The van der Waals surface area contributed by atoms with Gasteiger partial charge in [0.15, 0.2) is 0 Å². The maximum absolute atomic E-state index is 13.2. The molecule has 2 aromatic rings. The van der Waals surface area contributed by atoms with Gasteiger partial charge in [0, 0.05) is 50.6 Å². The van der Waals surface area contributed by atoms with Crippen LogP contribution in [0.1, 0.15) is 87.5 Å². The van der Waals surface area contributed by atoms with E-state index in [1.54, 1.807) is 0 Å². The van der Waals surface area contributed by atoms with Crippen molar-refractivity contribution < 1.29 is 19.1 Å². The van der Waals surface area contributed by atoms with Crippen molar-refractivity contribution in [3.63, 3.8) is 0 Å². The number of thiol groups is 2. The monoisotopic (exact) mass is 688 g/mol. The fraction of sp³-hybridized carbons (Fsp3) is 0.622. The van der Waals surface area contributed by atoms with Crippen LogP contribution in [-0.2, 0) is 9.47 Å². The summed E-state index contributed by atoms with van der Waals surface area (Å²) in [5, 5.41) is 0.0889. The SMILES string of the molecule is CC(S)N(CCCN(CCCCCN(CCCN(c1ccccc1)C(C)S)C(=O)OC(C)(C)C)C(=O)OC(C)(C)C)c1ccccc1. The van der Waals surface area contributed by atoms with Crippen LogP contribution in [0.15, 0.2) is 60.7 Å². The van der Waals surface area contributed by atoms with Gasteiger partial charge >= 0.3 is 12.2 Å². The van der Waals surface area contributed by atoms with Crippen LogP contribution in [0, 0.1) is 0 Å². The van der Waals surface area contributed by atoms with Crippen molar-refractivity contribution in [3.8, 4) is 0 Å². The van der Waals surface area contributed by atoms with E-state index in [-0.39, 0.29) is 22.9 Å². The number of para-hydroxylation sites is 2. The van der Waals surface area contributed by atoms with Crippen LogP contribution in [0.2, 0.25) is 0 Å². The van der Waals surface area contributed by atoms with E-state index in [2.05, 4.69) is 47.9 Å². The molecule has 0 aromatic heterocycles. The smallest absolute Gasteiger partial charge is 0.410 e. The molecule has 0 aliphatic carbocycles. The highest BCUT2D eigenvalue weighted by Crippen LogP contribution is 2.21. The maximum Gasteiger partial charge on any atom is 0.410 e. The number of benzene rings is 2. The van der Waals surface area contributed by atoms with Crippen molar-refractivity contribution in [1.29, 1.82) is 0 Å². The highest BCUT2D eigenvalue weighted by molar-refractivity contribution is 7.81. The number of carbonyl (C=O) groups is 2. The molecule has 264 valence electrons. The molecular formula is C37H60N4O4S2. The molecule has 0 fully saturated rings. The van der Waals surface area contributed by atoms with E-state index in [1.165, 1.54) is 0 Å². The van der Waals surface area contributed by atoms with Crippen molar-refractivity contribution in [1.82, 2.24) is 9.80 Å². The lowest BCUT2D eigenvalue weighted by Crippen LogP contribution is -2.40. The second-order valence-electron chi connectivity index (χ2n) is 14.0. The molecule has 0 radical (unpaired) electrons. The minimum Gasteiger partial charge on any atom is -0.444 e. The van der Waals surface area contributed by atoms with Crippen LogP contribution in [0.5, 0.6) is 0 Å². The Morgan fingerprint density at radius 3 is 1.17 bits per heavy atom. The molecule has 0 saturated carbocycles. The molecule has 0 heterocycles. The predicted molar refractivity (Wildman–Crippen MR) is 203 cm³/mol. The summed E-state index contributed by atoms with van der Waals surface area (Å²) in [6, 6.07) is 20.4. The summed E-state index contributed by atoms with van der Waals surface area (Å²) in [4.78, 5) is 34.4. The van der Waals surface area contributed by atoms with Gasteiger partial charge in [0.2, 0.25) is 0 Å². The summed E-state index contributed by atoms with van der Waals surface area (Å²) in [5.41, 5.74) is 1.09. The van der Waals surface area contributed by atoms with E-state index >= 15 is 0 Å². The summed E-state index contributed by atoms with van der Waals surface area (Å²) in [6.45, 7) is 19.4. The largest absolute Gasteiger partial charge is 0.444 e. The molecule has 47 heavy (non-hydrogen) atoms. The van der Waals surface area contributed by atoms with Crippen molar-refractivity contribution in [2.45, 2.75) is 109 Å². The Balaban J connectivity index is 1.96. The number of carbonyl (C=O) groups excluding carboxylic acids is 2. The first-order valence-electron chi connectivity index (χ1n) is 17.0. The van der Waals surface area contributed by atoms with Gasteiger partial charge in [-0.25, -0.2) is 9.59 Å². The van der Waals surface area contributed by atoms with Crippen LogP contribution < -0.4 is 9.80 Å². The predicted octanol–water partition coefficient (Wildman–Crippen LogP) is 8.98. The quantitative estimate of drug-likeness (QED) is 0.0926. The third-order valence-electron chi connectivity index (χ3n) is 7.39. The fourth-order valence-corrected chi connectivity index (χ4v) is 5.69. The highest BCUT2D eigenvalue weighted by Gasteiger charge is 2.24. The van der Waals surface area contributed by atoms with Crippen molar-refractivity contribution >= 4 is 48.8 Å². The number of nitrogens with zero attached hydrogens (tertiary/aromatic N) is 4. The Morgan fingerprint density at radius 1 is 0.553 bits per heavy atom. The Morgan fingerprint density at radius 2 is 0.872 bits per heavy atom. The average Bonchev–Trinajstić information content (AvgIpc) is 2.97. The minimum atomic E-state index is -0.570. The van der Waals surface area contributed by atoms with Gasteiger partial charge in [-0.15, -0.1) is 0 Å². The zero-order chi connectivity index (χ0) is 35.0. The van der Waals surface area contributed by atoms with E-state index in [0.29, 0.717) is 26.2 Å². The Bertz CT molecular complexity index is 1080. The van der Waals surface area contributed by atoms with Crippen LogP contribution in [-0.4, -0.2) is 83.2 Å². The van der Waals surface area contributed by atoms with Gasteiger partial charge in [0.25, 0.3) is 0 Å².